The van der Waals surface area contributed by atoms with Crippen LogP contribution in [0.25, 0.3) is 0 Å². The molecule has 0 saturated carbocycles. The third-order valence-electron chi connectivity index (χ3n) is 2.78. The SMILES string of the molecule is NC(=O)C1CC(O)CN1C(=O)c1cccnc1. The minimum atomic E-state index is -0.738. The van der Waals surface area contributed by atoms with Crippen LogP contribution in [0.15, 0.2) is 24.5 Å². The Morgan fingerprint density at radius 3 is 2.88 bits per heavy atom. The lowest BCUT2D eigenvalue weighted by Gasteiger charge is -2.21. The molecule has 0 spiro atoms. The normalized spacial score (nSPS) is 23.7. The molecule has 1 aromatic heterocycles. The zero-order valence-electron chi connectivity index (χ0n) is 9.11. The van der Waals surface area contributed by atoms with Crippen molar-refractivity contribution < 1.29 is 14.7 Å². The minimum absolute atomic E-state index is 0.126. The summed E-state index contributed by atoms with van der Waals surface area (Å²) in [7, 11) is 0. The molecule has 0 bridgehead atoms. The summed E-state index contributed by atoms with van der Waals surface area (Å²) in [6, 6.07) is 2.51. The van der Waals surface area contributed by atoms with E-state index >= 15 is 0 Å². The summed E-state index contributed by atoms with van der Waals surface area (Å²) in [5, 5.41) is 9.50. The van der Waals surface area contributed by atoms with Gasteiger partial charge in [-0.2, -0.15) is 0 Å². The number of primary amides is 1. The van der Waals surface area contributed by atoms with Gasteiger partial charge in [-0.15, -0.1) is 0 Å². The summed E-state index contributed by atoms with van der Waals surface area (Å²) in [6.45, 7) is 0.126. The second-order valence-electron chi connectivity index (χ2n) is 4.01. The number of likely N-dealkylation sites (tertiary alicyclic amines) is 1. The molecular weight excluding hydrogens is 222 g/mol. The second kappa shape index (κ2) is 4.50. The lowest BCUT2D eigenvalue weighted by molar-refractivity contribution is -0.121. The number of rotatable bonds is 2. The minimum Gasteiger partial charge on any atom is -0.391 e. The van der Waals surface area contributed by atoms with Crippen molar-refractivity contribution in [3.63, 3.8) is 0 Å². The molecule has 1 aromatic rings. The second-order valence-corrected chi connectivity index (χ2v) is 4.01. The molecule has 0 aromatic carbocycles. The number of aromatic nitrogens is 1. The van der Waals surface area contributed by atoms with Crippen LogP contribution in [0.1, 0.15) is 16.8 Å². The van der Waals surface area contributed by atoms with Crippen molar-refractivity contribution >= 4 is 11.8 Å². The van der Waals surface area contributed by atoms with Gasteiger partial charge in [0.25, 0.3) is 5.91 Å². The van der Waals surface area contributed by atoms with Crippen LogP contribution in [-0.4, -0.2) is 45.5 Å². The fraction of sp³-hybridized carbons (Fsp3) is 0.364. The molecule has 90 valence electrons. The Morgan fingerprint density at radius 2 is 2.29 bits per heavy atom. The van der Waals surface area contributed by atoms with E-state index in [1.54, 1.807) is 18.3 Å². The summed E-state index contributed by atoms with van der Waals surface area (Å²) in [5.41, 5.74) is 5.59. The molecule has 1 aliphatic rings. The van der Waals surface area contributed by atoms with E-state index in [0.29, 0.717) is 5.56 Å². The average Bonchev–Trinajstić information content (AvgIpc) is 2.72. The van der Waals surface area contributed by atoms with E-state index in [1.807, 2.05) is 0 Å². The maximum atomic E-state index is 12.1. The van der Waals surface area contributed by atoms with Crippen LogP contribution in [0, 0.1) is 0 Å². The summed E-state index contributed by atoms with van der Waals surface area (Å²) < 4.78 is 0. The van der Waals surface area contributed by atoms with Crippen molar-refractivity contribution in [3.8, 4) is 0 Å². The van der Waals surface area contributed by atoms with Gasteiger partial charge in [0.15, 0.2) is 0 Å². The van der Waals surface area contributed by atoms with E-state index in [-0.39, 0.29) is 18.9 Å². The zero-order valence-corrected chi connectivity index (χ0v) is 9.11. The van der Waals surface area contributed by atoms with Crippen molar-refractivity contribution in [2.45, 2.75) is 18.6 Å². The van der Waals surface area contributed by atoms with Gasteiger partial charge in [-0.05, 0) is 12.1 Å². The Balaban J connectivity index is 2.22. The van der Waals surface area contributed by atoms with Gasteiger partial charge in [0.05, 0.1) is 11.7 Å². The first-order valence-electron chi connectivity index (χ1n) is 5.28. The summed E-state index contributed by atoms with van der Waals surface area (Å²) in [6.07, 6.45) is 2.47. The number of hydrogen-bond donors (Lipinski definition) is 2. The number of hydrogen-bond acceptors (Lipinski definition) is 4. The van der Waals surface area contributed by atoms with E-state index < -0.39 is 18.1 Å². The van der Waals surface area contributed by atoms with Crippen LogP contribution in [0.5, 0.6) is 0 Å². The highest BCUT2D eigenvalue weighted by molar-refractivity contribution is 5.97. The molecule has 3 N–H and O–H groups in total. The molecule has 0 radical (unpaired) electrons. The first kappa shape index (κ1) is 11.5. The largest absolute Gasteiger partial charge is 0.391 e. The number of aliphatic hydroxyl groups excluding tert-OH is 1. The van der Waals surface area contributed by atoms with E-state index in [9.17, 15) is 14.7 Å². The standard InChI is InChI=1S/C11H13N3O3/c12-10(16)9-4-8(15)6-14(9)11(17)7-2-1-3-13-5-7/h1-3,5,8-9,15H,4,6H2,(H2,12,16). The Bertz CT molecular complexity index is 435. The van der Waals surface area contributed by atoms with Gasteiger partial charge in [0.2, 0.25) is 5.91 Å². The lowest BCUT2D eigenvalue weighted by Crippen LogP contribution is -2.43. The van der Waals surface area contributed by atoms with Crippen LogP contribution in [-0.2, 0) is 4.79 Å². The molecule has 1 aliphatic heterocycles. The topological polar surface area (TPSA) is 96.5 Å². The molecule has 2 atom stereocenters. The van der Waals surface area contributed by atoms with Crippen LogP contribution in [0.4, 0.5) is 0 Å². The molecule has 6 nitrogen and oxygen atoms in total. The van der Waals surface area contributed by atoms with E-state index in [4.69, 9.17) is 5.73 Å². The van der Waals surface area contributed by atoms with Crippen molar-refractivity contribution in [3.05, 3.63) is 30.1 Å². The van der Waals surface area contributed by atoms with E-state index in [2.05, 4.69) is 4.98 Å². The summed E-state index contributed by atoms with van der Waals surface area (Å²) in [5.74, 6) is -0.933. The first-order valence-corrected chi connectivity index (χ1v) is 5.28. The van der Waals surface area contributed by atoms with Crippen LogP contribution in [0.3, 0.4) is 0 Å². The average molecular weight is 235 g/mol. The zero-order chi connectivity index (χ0) is 12.4. The molecule has 17 heavy (non-hydrogen) atoms. The Hall–Kier alpha value is -1.95. The third kappa shape index (κ3) is 2.26. The third-order valence-corrected chi connectivity index (χ3v) is 2.78. The molecule has 0 aliphatic carbocycles. The molecule has 2 heterocycles. The summed E-state index contributed by atoms with van der Waals surface area (Å²) >= 11 is 0. The number of β-amino-alcohol motifs (C(OH)–C–C–N with tert-alkyl or cyclic N) is 1. The molecule has 1 fully saturated rings. The van der Waals surface area contributed by atoms with Gasteiger partial charge >= 0.3 is 0 Å². The Kier molecular flexibility index (Phi) is 3.06. The van der Waals surface area contributed by atoms with Crippen molar-refractivity contribution in [2.24, 2.45) is 5.73 Å². The van der Waals surface area contributed by atoms with Crippen LogP contribution >= 0.6 is 0 Å². The van der Waals surface area contributed by atoms with Gasteiger partial charge < -0.3 is 15.7 Å². The number of aliphatic hydroxyl groups is 1. The van der Waals surface area contributed by atoms with E-state index in [1.165, 1.54) is 11.1 Å². The maximum absolute atomic E-state index is 12.1. The number of amides is 2. The number of carbonyl (C=O) groups excluding carboxylic acids is 2. The molecule has 1 saturated heterocycles. The maximum Gasteiger partial charge on any atom is 0.256 e. The van der Waals surface area contributed by atoms with E-state index in [0.717, 1.165) is 0 Å². The van der Waals surface area contributed by atoms with Crippen LogP contribution < -0.4 is 5.73 Å². The summed E-state index contributed by atoms with van der Waals surface area (Å²) in [4.78, 5) is 28.4. The van der Waals surface area contributed by atoms with Crippen molar-refractivity contribution in [1.82, 2.24) is 9.88 Å². The Morgan fingerprint density at radius 1 is 1.53 bits per heavy atom. The number of nitrogens with zero attached hydrogens (tertiary/aromatic N) is 2. The van der Waals surface area contributed by atoms with Crippen molar-refractivity contribution in [2.75, 3.05) is 6.54 Å². The molecule has 2 unspecified atom stereocenters. The Labute approximate surface area is 98.1 Å². The van der Waals surface area contributed by atoms with Gasteiger partial charge in [-0.25, -0.2) is 0 Å². The number of pyridine rings is 1. The fourth-order valence-electron chi connectivity index (χ4n) is 1.96. The lowest BCUT2D eigenvalue weighted by atomic mass is 10.2. The number of nitrogens with two attached hydrogens (primary N) is 1. The van der Waals surface area contributed by atoms with Gasteiger partial charge in [-0.3, -0.25) is 14.6 Å². The number of carbonyl (C=O) groups is 2. The fourth-order valence-corrected chi connectivity index (χ4v) is 1.96. The molecular formula is C11H13N3O3. The molecule has 2 amide bonds. The molecule has 6 heteroatoms. The van der Waals surface area contributed by atoms with Gasteiger partial charge in [0, 0.05) is 25.4 Å². The first-order chi connectivity index (χ1) is 8.09. The highest BCUT2D eigenvalue weighted by atomic mass is 16.3. The quantitative estimate of drug-likeness (QED) is 0.697. The monoisotopic (exact) mass is 235 g/mol. The van der Waals surface area contributed by atoms with Crippen molar-refractivity contribution in [1.29, 1.82) is 0 Å². The van der Waals surface area contributed by atoms with Crippen LogP contribution in [0.2, 0.25) is 0 Å². The predicted molar refractivity (Wildman–Crippen MR) is 58.9 cm³/mol. The predicted octanol–water partition coefficient (Wildman–Crippen LogP) is -0.858. The van der Waals surface area contributed by atoms with Gasteiger partial charge in [-0.1, -0.05) is 0 Å². The highest BCUT2D eigenvalue weighted by Crippen LogP contribution is 2.20. The highest BCUT2D eigenvalue weighted by Gasteiger charge is 2.38. The smallest absolute Gasteiger partial charge is 0.256 e. The molecule has 2 rings (SSSR count). The van der Waals surface area contributed by atoms with Gasteiger partial charge in [0.1, 0.15) is 6.04 Å².